The molecule has 4 nitrogen and oxygen atoms in total. The summed E-state index contributed by atoms with van der Waals surface area (Å²) in [4.78, 5) is 15.9. The summed E-state index contributed by atoms with van der Waals surface area (Å²) < 4.78 is 0. The van der Waals surface area contributed by atoms with Gasteiger partial charge in [0.15, 0.2) is 0 Å². The van der Waals surface area contributed by atoms with Gasteiger partial charge in [-0.15, -0.1) is 0 Å². The second-order valence-electron chi connectivity index (χ2n) is 5.03. The summed E-state index contributed by atoms with van der Waals surface area (Å²) >= 11 is 5.77. The van der Waals surface area contributed by atoms with E-state index in [0.29, 0.717) is 16.7 Å². The number of pyridine rings is 1. The number of hydrogen-bond acceptors (Lipinski definition) is 3. The SMILES string of the molecule is CCCC1(CNC(=O)c2cc(Cl)ncc2N)CC1. The Morgan fingerprint density at radius 2 is 2.33 bits per heavy atom. The molecule has 1 fully saturated rings. The summed E-state index contributed by atoms with van der Waals surface area (Å²) in [7, 11) is 0. The minimum Gasteiger partial charge on any atom is -0.397 e. The Morgan fingerprint density at radius 3 is 2.94 bits per heavy atom. The van der Waals surface area contributed by atoms with Crippen LogP contribution in [0.15, 0.2) is 12.3 Å². The van der Waals surface area contributed by atoms with Crippen molar-refractivity contribution in [3.05, 3.63) is 23.0 Å². The molecule has 0 spiro atoms. The van der Waals surface area contributed by atoms with Gasteiger partial charge in [0.1, 0.15) is 5.15 Å². The van der Waals surface area contributed by atoms with Crippen molar-refractivity contribution in [3.63, 3.8) is 0 Å². The van der Waals surface area contributed by atoms with Crippen LogP contribution in [-0.2, 0) is 0 Å². The van der Waals surface area contributed by atoms with Crippen LogP contribution < -0.4 is 11.1 Å². The van der Waals surface area contributed by atoms with E-state index in [-0.39, 0.29) is 11.1 Å². The van der Waals surface area contributed by atoms with Crippen molar-refractivity contribution in [2.24, 2.45) is 5.41 Å². The summed E-state index contributed by atoms with van der Waals surface area (Å²) in [6.07, 6.45) is 6.14. The summed E-state index contributed by atoms with van der Waals surface area (Å²) in [5.74, 6) is -0.167. The van der Waals surface area contributed by atoms with E-state index in [1.807, 2.05) is 0 Å². The molecule has 0 aliphatic heterocycles. The van der Waals surface area contributed by atoms with Crippen LogP contribution >= 0.6 is 11.6 Å². The minimum atomic E-state index is -0.167. The van der Waals surface area contributed by atoms with Crippen molar-refractivity contribution in [1.82, 2.24) is 10.3 Å². The first-order valence-corrected chi connectivity index (χ1v) is 6.63. The molecule has 0 saturated heterocycles. The Balaban J connectivity index is 1.98. The smallest absolute Gasteiger partial charge is 0.253 e. The van der Waals surface area contributed by atoms with E-state index in [9.17, 15) is 4.79 Å². The number of carbonyl (C=O) groups is 1. The molecule has 0 radical (unpaired) electrons. The third-order valence-electron chi connectivity index (χ3n) is 3.51. The third-order valence-corrected chi connectivity index (χ3v) is 3.71. The molecule has 0 atom stereocenters. The number of hydrogen-bond donors (Lipinski definition) is 2. The molecule has 98 valence electrons. The monoisotopic (exact) mass is 267 g/mol. The van der Waals surface area contributed by atoms with Gasteiger partial charge in [-0.2, -0.15) is 0 Å². The molecule has 1 heterocycles. The summed E-state index contributed by atoms with van der Waals surface area (Å²) in [6, 6.07) is 1.51. The fourth-order valence-electron chi connectivity index (χ4n) is 2.22. The fraction of sp³-hybridized carbons (Fsp3) is 0.538. The summed E-state index contributed by atoms with van der Waals surface area (Å²) in [6.45, 7) is 2.89. The molecule has 0 unspecified atom stereocenters. The van der Waals surface area contributed by atoms with Gasteiger partial charge in [0.2, 0.25) is 0 Å². The van der Waals surface area contributed by atoms with Gasteiger partial charge in [-0.05, 0) is 30.7 Å². The predicted octanol–water partition coefficient (Wildman–Crippen LogP) is 2.63. The highest BCUT2D eigenvalue weighted by atomic mass is 35.5. The van der Waals surface area contributed by atoms with E-state index < -0.39 is 0 Å². The van der Waals surface area contributed by atoms with Crippen LogP contribution in [0.1, 0.15) is 43.0 Å². The zero-order valence-electron chi connectivity index (χ0n) is 10.5. The van der Waals surface area contributed by atoms with Gasteiger partial charge < -0.3 is 11.1 Å². The zero-order valence-corrected chi connectivity index (χ0v) is 11.3. The molecule has 18 heavy (non-hydrogen) atoms. The standard InChI is InChI=1S/C13H18ClN3O/c1-2-3-13(4-5-13)8-17-12(18)9-6-11(14)16-7-10(9)15/h6-7H,2-5,8,15H2,1H3,(H,17,18). The van der Waals surface area contributed by atoms with Gasteiger partial charge in [0.25, 0.3) is 5.91 Å². The lowest BCUT2D eigenvalue weighted by atomic mass is 10.0. The van der Waals surface area contributed by atoms with Crippen molar-refractivity contribution < 1.29 is 4.79 Å². The highest BCUT2D eigenvalue weighted by molar-refractivity contribution is 6.29. The van der Waals surface area contributed by atoms with Crippen LogP contribution in [0, 0.1) is 5.41 Å². The molecule has 1 aromatic heterocycles. The summed E-state index contributed by atoms with van der Waals surface area (Å²) in [5.41, 5.74) is 6.81. The van der Waals surface area contributed by atoms with E-state index in [1.54, 1.807) is 0 Å². The number of halogens is 1. The number of nitrogen functional groups attached to an aromatic ring is 1. The van der Waals surface area contributed by atoms with Gasteiger partial charge in [-0.3, -0.25) is 4.79 Å². The van der Waals surface area contributed by atoms with Crippen LogP contribution in [0.2, 0.25) is 5.15 Å². The van der Waals surface area contributed by atoms with Gasteiger partial charge in [0, 0.05) is 6.54 Å². The Morgan fingerprint density at radius 1 is 1.61 bits per heavy atom. The molecular weight excluding hydrogens is 250 g/mol. The number of aromatic nitrogens is 1. The lowest BCUT2D eigenvalue weighted by molar-refractivity contribution is 0.0944. The maximum absolute atomic E-state index is 12.0. The second kappa shape index (κ2) is 5.14. The summed E-state index contributed by atoms with van der Waals surface area (Å²) in [5, 5.41) is 3.23. The van der Waals surface area contributed by atoms with E-state index in [4.69, 9.17) is 17.3 Å². The zero-order chi connectivity index (χ0) is 13.2. The van der Waals surface area contributed by atoms with Crippen LogP contribution in [0.5, 0.6) is 0 Å². The molecule has 5 heteroatoms. The van der Waals surface area contributed by atoms with Gasteiger partial charge in [0.05, 0.1) is 17.4 Å². The fourth-order valence-corrected chi connectivity index (χ4v) is 2.38. The number of nitrogens with zero attached hydrogens (tertiary/aromatic N) is 1. The first-order chi connectivity index (χ1) is 8.56. The van der Waals surface area contributed by atoms with Crippen molar-refractivity contribution in [1.29, 1.82) is 0 Å². The number of anilines is 1. The average molecular weight is 268 g/mol. The van der Waals surface area contributed by atoms with E-state index in [0.717, 1.165) is 13.0 Å². The molecule has 3 N–H and O–H groups in total. The number of amides is 1. The first-order valence-electron chi connectivity index (χ1n) is 6.25. The topological polar surface area (TPSA) is 68.0 Å². The van der Waals surface area contributed by atoms with Crippen LogP contribution in [0.25, 0.3) is 0 Å². The van der Waals surface area contributed by atoms with Gasteiger partial charge in [-0.1, -0.05) is 24.9 Å². The quantitative estimate of drug-likeness (QED) is 0.806. The maximum Gasteiger partial charge on any atom is 0.253 e. The maximum atomic E-state index is 12.0. The van der Waals surface area contributed by atoms with E-state index >= 15 is 0 Å². The Kier molecular flexibility index (Phi) is 3.76. The van der Waals surface area contributed by atoms with Gasteiger partial charge in [-0.25, -0.2) is 4.98 Å². The Hall–Kier alpha value is -1.29. The van der Waals surface area contributed by atoms with Crippen molar-refractivity contribution in [2.75, 3.05) is 12.3 Å². The Bertz CT molecular complexity index is 458. The highest BCUT2D eigenvalue weighted by Crippen LogP contribution is 2.48. The van der Waals surface area contributed by atoms with E-state index in [2.05, 4.69) is 17.2 Å². The largest absolute Gasteiger partial charge is 0.397 e. The number of rotatable bonds is 5. The molecule has 0 aromatic carbocycles. The average Bonchev–Trinajstić information content (AvgIpc) is 3.10. The lowest BCUT2D eigenvalue weighted by Crippen LogP contribution is -2.30. The Labute approximate surface area is 112 Å². The molecule has 1 aliphatic carbocycles. The minimum absolute atomic E-state index is 0.167. The second-order valence-corrected chi connectivity index (χ2v) is 5.41. The van der Waals surface area contributed by atoms with Crippen LogP contribution in [-0.4, -0.2) is 17.4 Å². The van der Waals surface area contributed by atoms with Crippen LogP contribution in [0.3, 0.4) is 0 Å². The molecule has 1 saturated carbocycles. The molecular formula is C13H18ClN3O. The van der Waals surface area contributed by atoms with Crippen LogP contribution in [0.4, 0.5) is 5.69 Å². The predicted molar refractivity (Wildman–Crippen MR) is 72.6 cm³/mol. The molecule has 1 aliphatic rings. The number of carbonyl (C=O) groups excluding carboxylic acids is 1. The van der Waals surface area contributed by atoms with E-state index in [1.165, 1.54) is 31.5 Å². The third kappa shape index (κ3) is 2.93. The highest BCUT2D eigenvalue weighted by Gasteiger charge is 2.41. The molecule has 1 amide bonds. The lowest BCUT2D eigenvalue weighted by Gasteiger charge is -2.15. The molecule has 2 rings (SSSR count). The van der Waals surface area contributed by atoms with Crippen molar-refractivity contribution in [3.8, 4) is 0 Å². The number of nitrogens with one attached hydrogen (secondary N) is 1. The molecule has 1 aromatic rings. The number of nitrogens with two attached hydrogens (primary N) is 1. The van der Waals surface area contributed by atoms with Gasteiger partial charge >= 0.3 is 0 Å². The van der Waals surface area contributed by atoms with Crippen molar-refractivity contribution >= 4 is 23.2 Å². The normalized spacial score (nSPS) is 16.3. The molecule has 0 bridgehead atoms. The van der Waals surface area contributed by atoms with Crippen molar-refractivity contribution in [2.45, 2.75) is 32.6 Å². The first kappa shape index (κ1) is 13.1.